The Morgan fingerprint density at radius 3 is 3.00 bits per heavy atom. The third-order valence-electron chi connectivity index (χ3n) is 5.85. The molecule has 5 nitrogen and oxygen atoms in total. The molecule has 0 bridgehead atoms. The van der Waals surface area contributed by atoms with E-state index >= 15 is 0 Å². The average molecular weight is 315 g/mol. The molecule has 1 aliphatic carbocycles. The summed E-state index contributed by atoms with van der Waals surface area (Å²) in [6, 6.07) is 8.56. The predicted octanol–water partition coefficient (Wildman–Crippen LogP) is 1.19. The van der Waals surface area contributed by atoms with E-state index in [1.165, 1.54) is 4.90 Å². The maximum absolute atomic E-state index is 11.2. The lowest BCUT2D eigenvalue weighted by Crippen LogP contribution is -3.15. The molecule has 5 heteroatoms. The molecule has 122 valence electrons. The van der Waals surface area contributed by atoms with Crippen molar-refractivity contribution in [2.45, 2.75) is 43.7 Å². The molecule has 3 aliphatic rings. The number of hydrogen-bond acceptors (Lipinski definition) is 4. The first-order valence-corrected chi connectivity index (χ1v) is 8.55. The van der Waals surface area contributed by atoms with Crippen LogP contribution < -0.4 is 14.4 Å². The molecule has 4 rings (SSSR count). The molecule has 1 aromatic rings. The summed E-state index contributed by atoms with van der Waals surface area (Å²) in [6.45, 7) is 1.59. The molecule has 0 spiro atoms. The van der Waals surface area contributed by atoms with Crippen LogP contribution in [-0.4, -0.2) is 30.6 Å². The maximum Gasteiger partial charge on any atom is 0.231 e. The van der Waals surface area contributed by atoms with Crippen LogP contribution in [0.2, 0.25) is 0 Å². The number of nitriles is 1. The first-order chi connectivity index (χ1) is 11.2. The molecule has 2 heterocycles. The van der Waals surface area contributed by atoms with Crippen LogP contribution in [0.4, 0.5) is 0 Å². The number of quaternary nitrogens is 1. The fraction of sp³-hybridized carbons (Fsp3) is 0.611. The number of nitrogens with zero attached hydrogens (tertiary/aromatic N) is 1. The van der Waals surface area contributed by atoms with Gasteiger partial charge in [0.2, 0.25) is 6.79 Å². The lowest BCUT2D eigenvalue weighted by molar-refractivity contribution is -0.938. The second-order valence-corrected chi connectivity index (χ2v) is 7.04. The van der Waals surface area contributed by atoms with Crippen molar-refractivity contribution in [2.24, 2.45) is 5.92 Å². The van der Waals surface area contributed by atoms with Gasteiger partial charge in [0.15, 0.2) is 18.0 Å². The lowest BCUT2D eigenvalue weighted by atomic mass is 9.66. The topological polar surface area (TPSA) is 66.9 Å². The van der Waals surface area contributed by atoms with Gasteiger partial charge in [0.1, 0.15) is 12.1 Å². The number of piperidine rings is 1. The van der Waals surface area contributed by atoms with Crippen molar-refractivity contribution in [2.75, 3.05) is 19.9 Å². The Hall–Kier alpha value is -1.77. The third-order valence-corrected chi connectivity index (χ3v) is 5.85. The van der Waals surface area contributed by atoms with E-state index in [0.717, 1.165) is 55.7 Å². The monoisotopic (exact) mass is 315 g/mol. The number of ether oxygens (including phenoxy) is 2. The van der Waals surface area contributed by atoms with Crippen molar-refractivity contribution in [1.29, 1.82) is 5.26 Å². The number of fused-ring (bicyclic) bond motifs is 2. The Balaban J connectivity index is 1.72. The zero-order valence-electron chi connectivity index (χ0n) is 13.3. The molecule has 0 aromatic heterocycles. The highest BCUT2D eigenvalue weighted by atomic mass is 16.7. The van der Waals surface area contributed by atoms with E-state index in [4.69, 9.17) is 9.47 Å². The molecule has 1 saturated heterocycles. The molecule has 2 fully saturated rings. The van der Waals surface area contributed by atoms with Crippen molar-refractivity contribution in [1.82, 2.24) is 0 Å². The summed E-state index contributed by atoms with van der Waals surface area (Å²) in [7, 11) is 0. The molecule has 2 aliphatic heterocycles. The van der Waals surface area contributed by atoms with Gasteiger partial charge < -0.3 is 19.5 Å². The standard InChI is InChI=1S/C18H22N2O3/c19-8-10-20-9-7-18(21)6-2-1-3-14(18)17(20)13-4-5-15-16(11-13)23-12-22-15/h4-5,11,14,17,21H,1-3,6-7,9-10,12H2/p+1/t14-,17-,18-/m1/s1. The summed E-state index contributed by atoms with van der Waals surface area (Å²) < 4.78 is 10.9. The van der Waals surface area contributed by atoms with Crippen LogP contribution >= 0.6 is 0 Å². The zero-order valence-corrected chi connectivity index (χ0v) is 13.3. The molecule has 0 amide bonds. The van der Waals surface area contributed by atoms with Crippen LogP contribution in [0.15, 0.2) is 18.2 Å². The van der Waals surface area contributed by atoms with Crippen LogP contribution in [0.5, 0.6) is 11.5 Å². The maximum atomic E-state index is 11.2. The number of aliphatic hydroxyl groups is 1. The summed E-state index contributed by atoms with van der Waals surface area (Å²) in [5, 5.41) is 20.4. The van der Waals surface area contributed by atoms with Crippen molar-refractivity contribution < 1.29 is 19.5 Å². The van der Waals surface area contributed by atoms with Crippen LogP contribution in [0.1, 0.15) is 43.7 Å². The number of benzene rings is 1. The molecule has 1 aromatic carbocycles. The SMILES string of the molecule is N#CC[NH+]1CC[C@]2(O)CCCC[C@@H]2[C@H]1c1ccc2c(c1)OCO2. The Bertz CT molecular complexity index is 642. The van der Waals surface area contributed by atoms with Gasteiger partial charge >= 0.3 is 0 Å². The minimum absolute atomic E-state index is 0.156. The first-order valence-electron chi connectivity index (χ1n) is 8.55. The largest absolute Gasteiger partial charge is 0.454 e. The molecule has 23 heavy (non-hydrogen) atoms. The van der Waals surface area contributed by atoms with Gasteiger partial charge in [-0.1, -0.05) is 12.8 Å². The van der Waals surface area contributed by atoms with Crippen molar-refractivity contribution in [3.8, 4) is 17.6 Å². The van der Waals surface area contributed by atoms with Crippen LogP contribution in [0, 0.1) is 17.2 Å². The summed E-state index contributed by atoms with van der Waals surface area (Å²) in [6.07, 6.45) is 4.99. The van der Waals surface area contributed by atoms with E-state index in [-0.39, 0.29) is 18.8 Å². The lowest BCUT2D eigenvalue weighted by Gasteiger charge is -2.49. The zero-order chi connectivity index (χ0) is 15.9. The van der Waals surface area contributed by atoms with Gasteiger partial charge in [0.05, 0.1) is 12.1 Å². The fourth-order valence-corrected chi connectivity index (χ4v) is 4.73. The second-order valence-electron chi connectivity index (χ2n) is 7.04. The third kappa shape index (κ3) is 2.46. The molecule has 1 unspecified atom stereocenters. The molecule has 1 saturated carbocycles. The van der Waals surface area contributed by atoms with Gasteiger partial charge in [0, 0.05) is 17.9 Å². The second kappa shape index (κ2) is 5.70. The van der Waals surface area contributed by atoms with Crippen molar-refractivity contribution in [3.63, 3.8) is 0 Å². The van der Waals surface area contributed by atoms with Gasteiger partial charge in [0.25, 0.3) is 0 Å². The van der Waals surface area contributed by atoms with Crippen LogP contribution in [0.3, 0.4) is 0 Å². The van der Waals surface area contributed by atoms with E-state index in [1.54, 1.807) is 0 Å². The number of rotatable bonds is 2. The Labute approximate surface area is 136 Å². The number of likely N-dealkylation sites (tertiary alicyclic amines) is 1. The normalized spacial score (nSPS) is 35.4. The molecule has 0 radical (unpaired) electrons. The molecular weight excluding hydrogens is 292 g/mol. The fourth-order valence-electron chi connectivity index (χ4n) is 4.73. The van der Waals surface area contributed by atoms with Crippen molar-refractivity contribution >= 4 is 0 Å². The molecule has 4 atom stereocenters. The molecule has 2 N–H and O–H groups in total. The van der Waals surface area contributed by atoms with E-state index in [1.807, 2.05) is 12.1 Å². The van der Waals surface area contributed by atoms with Gasteiger partial charge in [-0.05, 0) is 31.0 Å². The smallest absolute Gasteiger partial charge is 0.231 e. The minimum atomic E-state index is -0.571. The van der Waals surface area contributed by atoms with E-state index in [0.29, 0.717) is 6.54 Å². The average Bonchev–Trinajstić information content (AvgIpc) is 3.02. The Morgan fingerprint density at radius 2 is 2.13 bits per heavy atom. The molecular formula is C18H23N2O3+. The Morgan fingerprint density at radius 1 is 1.26 bits per heavy atom. The quantitative estimate of drug-likeness (QED) is 0.805. The van der Waals surface area contributed by atoms with E-state index in [9.17, 15) is 10.4 Å². The van der Waals surface area contributed by atoms with Crippen LogP contribution in [0.25, 0.3) is 0 Å². The minimum Gasteiger partial charge on any atom is -0.454 e. The van der Waals surface area contributed by atoms with Gasteiger partial charge in [-0.15, -0.1) is 0 Å². The van der Waals surface area contributed by atoms with Gasteiger partial charge in [-0.3, -0.25) is 0 Å². The van der Waals surface area contributed by atoms with Crippen molar-refractivity contribution in [3.05, 3.63) is 23.8 Å². The predicted molar refractivity (Wildman–Crippen MR) is 83.1 cm³/mol. The summed E-state index contributed by atoms with van der Waals surface area (Å²) in [4.78, 5) is 1.27. The van der Waals surface area contributed by atoms with Gasteiger partial charge in [-0.2, -0.15) is 5.26 Å². The Kier molecular flexibility index (Phi) is 3.67. The van der Waals surface area contributed by atoms with E-state index in [2.05, 4.69) is 12.1 Å². The highest BCUT2D eigenvalue weighted by molar-refractivity contribution is 5.45. The van der Waals surface area contributed by atoms with Crippen LogP contribution in [-0.2, 0) is 0 Å². The number of nitrogens with one attached hydrogen (secondary N) is 1. The summed E-state index contributed by atoms with van der Waals surface area (Å²) in [5.74, 6) is 1.78. The first kappa shape index (κ1) is 14.8. The van der Waals surface area contributed by atoms with Gasteiger partial charge in [-0.25, -0.2) is 0 Å². The summed E-state index contributed by atoms with van der Waals surface area (Å²) >= 11 is 0. The highest BCUT2D eigenvalue weighted by Gasteiger charge is 2.51. The number of hydrogen-bond donors (Lipinski definition) is 2. The highest BCUT2D eigenvalue weighted by Crippen LogP contribution is 2.45. The van der Waals surface area contributed by atoms with E-state index < -0.39 is 5.60 Å². The summed E-state index contributed by atoms with van der Waals surface area (Å²) in [5.41, 5.74) is 0.586.